The van der Waals surface area contributed by atoms with Crippen LogP contribution >= 0.6 is 0 Å². The van der Waals surface area contributed by atoms with Gasteiger partial charge in [-0.3, -0.25) is 4.57 Å². The zero-order valence-corrected chi connectivity index (χ0v) is 30.6. The van der Waals surface area contributed by atoms with Gasteiger partial charge in [0.25, 0.3) is 0 Å². The lowest BCUT2D eigenvalue weighted by atomic mass is 9.65. The van der Waals surface area contributed by atoms with Gasteiger partial charge in [0.1, 0.15) is 11.5 Å². The molecule has 1 aliphatic carbocycles. The summed E-state index contributed by atoms with van der Waals surface area (Å²) in [7, 11) is 0. The Balaban J connectivity index is 1.32. The first-order valence-electron chi connectivity index (χ1n) is 18.9. The average molecular weight is 719 g/mol. The second kappa shape index (κ2) is 12.3. The van der Waals surface area contributed by atoms with Crippen molar-refractivity contribution in [2.45, 2.75) is 12.3 Å². The van der Waals surface area contributed by atoms with E-state index in [1.807, 2.05) is 54.6 Å². The highest BCUT2D eigenvalue weighted by Gasteiger charge is 2.53. The number of hydrogen-bond donors (Lipinski definition) is 0. The lowest BCUT2D eigenvalue weighted by Gasteiger charge is -2.39. The summed E-state index contributed by atoms with van der Waals surface area (Å²) in [6, 6.07) is 55.0. The Labute approximate surface area is 324 Å². The molecule has 3 heterocycles. The topological polar surface area (TPSA) is 52.8 Å². The Bertz CT molecular complexity index is 3030. The highest BCUT2D eigenvalue weighted by Crippen LogP contribution is 2.63. The van der Waals surface area contributed by atoms with E-state index in [2.05, 4.69) is 139 Å². The van der Waals surface area contributed by atoms with Gasteiger partial charge in [0.2, 0.25) is 5.95 Å². The molecule has 2 aliphatic rings. The van der Waals surface area contributed by atoms with Crippen LogP contribution in [0.2, 0.25) is 0 Å². The fourth-order valence-corrected chi connectivity index (χ4v) is 9.19. The molecule has 0 fully saturated rings. The van der Waals surface area contributed by atoms with Crippen molar-refractivity contribution < 1.29 is 4.74 Å². The maximum Gasteiger partial charge on any atom is 0.238 e. The smallest absolute Gasteiger partial charge is 0.238 e. The molecule has 5 heteroatoms. The van der Waals surface area contributed by atoms with Crippen LogP contribution in [-0.2, 0) is 5.41 Å². The number of rotatable bonds is 4. The van der Waals surface area contributed by atoms with Gasteiger partial charge in [-0.2, -0.15) is 9.97 Å². The number of aromatic nitrogens is 4. The van der Waals surface area contributed by atoms with Crippen LogP contribution in [-0.4, -0.2) is 19.5 Å². The van der Waals surface area contributed by atoms with Crippen molar-refractivity contribution in [3.8, 4) is 40.2 Å². The molecule has 0 bridgehead atoms. The SMILES string of the molecule is C=C/C=C1\C(=C/C)c2cc3c4c5ccccc5ccc4n(-c4nc(-c5ccccc5)nc(-c5ccccc5)n4)c3cc2C12c1ccccc1Oc1ccccc12. The van der Waals surface area contributed by atoms with Crippen LogP contribution in [0.3, 0.4) is 0 Å². The first kappa shape index (κ1) is 32.1. The molecule has 264 valence electrons. The summed E-state index contributed by atoms with van der Waals surface area (Å²) in [4.78, 5) is 15.6. The minimum absolute atomic E-state index is 0.556. The fourth-order valence-electron chi connectivity index (χ4n) is 9.19. The first-order valence-corrected chi connectivity index (χ1v) is 18.9. The highest BCUT2D eigenvalue weighted by molar-refractivity contribution is 6.22. The number of fused-ring (bicyclic) bond motifs is 11. The zero-order valence-electron chi connectivity index (χ0n) is 30.6. The summed E-state index contributed by atoms with van der Waals surface area (Å²) < 4.78 is 8.90. The van der Waals surface area contributed by atoms with Gasteiger partial charge in [-0.1, -0.05) is 152 Å². The second-order valence-electron chi connectivity index (χ2n) is 14.3. The van der Waals surface area contributed by atoms with E-state index >= 15 is 0 Å². The molecule has 0 radical (unpaired) electrons. The van der Waals surface area contributed by atoms with Gasteiger partial charge in [-0.15, -0.1) is 0 Å². The van der Waals surface area contributed by atoms with Crippen LogP contribution in [0.5, 0.6) is 11.5 Å². The summed E-state index contributed by atoms with van der Waals surface area (Å²) in [6.45, 7) is 6.36. The number of benzene rings is 7. The fraction of sp³-hybridized carbons (Fsp3) is 0.0392. The third-order valence-electron chi connectivity index (χ3n) is 11.4. The molecule has 0 saturated heterocycles. The standard InChI is InChI=1S/C51H34N4O/c1-3-17-39-35(4-2)37-30-38-44(31-42(37)51(39)40-24-13-15-26-45(40)56-46-27-16-14-25-41(46)51)55(43-29-28-32-18-11-12-23-36(32)47(38)43)50-53-48(33-19-7-5-8-20-33)52-49(54-50)34-21-9-6-10-22-34/h3-31H,1H2,2H3/b35-4-,39-17+. The Morgan fingerprint density at radius 2 is 1.20 bits per heavy atom. The van der Waals surface area contributed by atoms with Crippen LogP contribution < -0.4 is 4.74 Å². The van der Waals surface area contributed by atoms with E-state index in [9.17, 15) is 0 Å². The van der Waals surface area contributed by atoms with Crippen LogP contribution in [0.4, 0.5) is 0 Å². The molecule has 11 rings (SSSR count). The Morgan fingerprint density at radius 1 is 0.589 bits per heavy atom. The van der Waals surface area contributed by atoms with Crippen molar-refractivity contribution in [3.05, 3.63) is 210 Å². The number of para-hydroxylation sites is 2. The number of nitrogens with zero attached hydrogens (tertiary/aromatic N) is 4. The van der Waals surface area contributed by atoms with Crippen molar-refractivity contribution in [2.24, 2.45) is 0 Å². The minimum Gasteiger partial charge on any atom is -0.457 e. The van der Waals surface area contributed by atoms with Crippen LogP contribution in [0.15, 0.2) is 188 Å². The van der Waals surface area contributed by atoms with Gasteiger partial charge < -0.3 is 4.74 Å². The van der Waals surface area contributed by atoms with Gasteiger partial charge >= 0.3 is 0 Å². The van der Waals surface area contributed by atoms with E-state index in [1.54, 1.807) is 0 Å². The lowest BCUT2D eigenvalue weighted by molar-refractivity contribution is 0.436. The number of allylic oxidation sites excluding steroid dienone is 5. The second-order valence-corrected chi connectivity index (χ2v) is 14.3. The normalized spacial score (nSPS) is 15.3. The molecule has 0 amide bonds. The van der Waals surface area contributed by atoms with Crippen molar-refractivity contribution >= 4 is 38.2 Å². The van der Waals surface area contributed by atoms with E-state index in [4.69, 9.17) is 19.7 Å². The number of hydrogen-bond acceptors (Lipinski definition) is 4. The predicted octanol–water partition coefficient (Wildman–Crippen LogP) is 12.4. The minimum atomic E-state index is -0.683. The van der Waals surface area contributed by atoms with E-state index in [0.29, 0.717) is 17.6 Å². The Hall–Kier alpha value is -7.37. The molecule has 5 nitrogen and oxygen atoms in total. The van der Waals surface area contributed by atoms with Crippen LogP contribution in [0.1, 0.15) is 29.2 Å². The molecule has 0 atom stereocenters. The van der Waals surface area contributed by atoms with Gasteiger partial charge in [0.15, 0.2) is 11.6 Å². The van der Waals surface area contributed by atoms with Crippen molar-refractivity contribution in [1.82, 2.24) is 19.5 Å². The molecule has 56 heavy (non-hydrogen) atoms. The van der Waals surface area contributed by atoms with E-state index in [-0.39, 0.29) is 0 Å². The summed E-state index contributed by atoms with van der Waals surface area (Å²) in [5.41, 5.74) is 10.1. The van der Waals surface area contributed by atoms with E-state index in [0.717, 1.165) is 55.6 Å². The quantitative estimate of drug-likeness (QED) is 0.182. The third kappa shape index (κ3) is 4.45. The van der Waals surface area contributed by atoms with Crippen LogP contribution in [0, 0.1) is 0 Å². The molecular formula is C51H34N4O. The summed E-state index contributed by atoms with van der Waals surface area (Å²) in [5, 5.41) is 4.63. The predicted molar refractivity (Wildman–Crippen MR) is 227 cm³/mol. The van der Waals surface area contributed by atoms with Gasteiger partial charge in [0.05, 0.1) is 16.4 Å². The monoisotopic (exact) mass is 718 g/mol. The average Bonchev–Trinajstić information content (AvgIpc) is 3.73. The first-order chi connectivity index (χ1) is 27.7. The van der Waals surface area contributed by atoms with E-state index in [1.165, 1.54) is 33.0 Å². The Kier molecular flexibility index (Phi) is 7.07. The molecule has 0 unspecified atom stereocenters. The molecule has 7 aromatic carbocycles. The van der Waals surface area contributed by atoms with Gasteiger partial charge in [-0.25, -0.2) is 4.98 Å². The molecule has 9 aromatic rings. The van der Waals surface area contributed by atoms with Gasteiger partial charge in [0, 0.05) is 33.0 Å². The van der Waals surface area contributed by atoms with E-state index < -0.39 is 5.41 Å². The zero-order chi connectivity index (χ0) is 37.4. The van der Waals surface area contributed by atoms with Crippen LogP contribution in [0.25, 0.3) is 66.9 Å². The molecule has 2 aromatic heterocycles. The molecule has 0 saturated carbocycles. The summed E-state index contributed by atoms with van der Waals surface area (Å²) in [5.74, 6) is 3.47. The molecule has 1 spiro atoms. The summed E-state index contributed by atoms with van der Waals surface area (Å²) in [6.07, 6.45) is 6.35. The van der Waals surface area contributed by atoms with Crippen molar-refractivity contribution in [2.75, 3.05) is 0 Å². The molecule has 0 N–H and O–H groups in total. The molecule has 1 aliphatic heterocycles. The maximum atomic E-state index is 6.66. The van der Waals surface area contributed by atoms with Crippen molar-refractivity contribution in [3.63, 3.8) is 0 Å². The summed E-state index contributed by atoms with van der Waals surface area (Å²) >= 11 is 0. The molecular weight excluding hydrogens is 685 g/mol. The lowest BCUT2D eigenvalue weighted by Crippen LogP contribution is -2.32. The largest absolute Gasteiger partial charge is 0.457 e. The highest BCUT2D eigenvalue weighted by atomic mass is 16.5. The Morgan fingerprint density at radius 3 is 1.84 bits per heavy atom. The van der Waals surface area contributed by atoms with Gasteiger partial charge in [-0.05, 0) is 70.3 Å². The van der Waals surface area contributed by atoms with Crippen molar-refractivity contribution in [1.29, 1.82) is 0 Å². The third-order valence-corrected chi connectivity index (χ3v) is 11.4. The maximum absolute atomic E-state index is 6.66. The number of ether oxygens (including phenoxy) is 1.